The van der Waals surface area contributed by atoms with Crippen LogP contribution in [0.15, 0.2) is 30.3 Å². The third-order valence-corrected chi connectivity index (χ3v) is 4.76. The van der Waals surface area contributed by atoms with Crippen LogP contribution in [0.5, 0.6) is 0 Å². The molecule has 1 N–H and O–H groups in total. The van der Waals surface area contributed by atoms with Gasteiger partial charge in [-0.3, -0.25) is 0 Å². The third kappa shape index (κ3) is 2.26. The Labute approximate surface area is 95.6 Å². The van der Waals surface area contributed by atoms with Gasteiger partial charge in [0, 0.05) is 12.6 Å². The standard InChI is InChI=1S/C11H15NO3S/c13-9-11-6-7-16(14,15)12(11)8-10-4-2-1-3-5-10/h1-5,11,13H,6-9H2. The Bertz CT molecular complexity index is 444. The Hall–Kier alpha value is -0.910. The summed E-state index contributed by atoms with van der Waals surface area (Å²) in [4.78, 5) is 0. The molecule has 2 rings (SSSR count). The first kappa shape index (κ1) is 11.6. The van der Waals surface area contributed by atoms with Gasteiger partial charge < -0.3 is 5.11 Å². The Kier molecular flexibility index (Phi) is 3.28. The highest BCUT2D eigenvalue weighted by Gasteiger charge is 2.36. The van der Waals surface area contributed by atoms with Gasteiger partial charge in [-0.15, -0.1) is 0 Å². The van der Waals surface area contributed by atoms with Crippen molar-refractivity contribution in [1.29, 1.82) is 0 Å². The monoisotopic (exact) mass is 241 g/mol. The first-order chi connectivity index (χ1) is 7.63. The fourth-order valence-corrected chi connectivity index (χ4v) is 3.72. The van der Waals surface area contributed by atoms with Crippen molar-refractivity contribution in [3.63, 3.8) is 0 Å². The molecular weight excluding hydrogens is 226 g/mol. The van der Waals surface area contributed by atoms with Crippen molar-refractivity contribution < 1.29 is 13.5 Å². The van der Waals surface area contributed by atoms with Crippen LogP contribution in [0.4, 0.5) is 0 Å². The van der Waals surface area contributed by atoms with E-state index in [0.717, 1.165) is 5.56 Å². The first-order valence-electron chi connectivity index (χ1n) is 5.28. The van der Waals surface area contributed by atoms with E-state index in [2.05, 4.69) is 0 Å². The summed E-state index contributed by atoms with van der Waals surface area (Å²) in [7, 11) is -3.17. The van der Waals surface area contributed by atoms with Crippen LogP contribution < -0.4 is 0 Å². The van der Waals surface area contributed by atoms with Crippen molar-refractivity contribution >= 4 is 10.0 Å². The number of hydrogen-bond acceptors (Lipinski definition) is 3. The van der Waals surface area contributed by atoms with E-state index in [0.29, 0.717) is 13.0 Å². The predicted molar refractivity (Wildman–Crippen MR) is 61.3 cm³/mol. The number of benzene rings is 1. The largest absolute Gasteiger partial charge is 0.395 e. The van der Waals surface area contributed by atoms with E-state index < -0.39 is 10.0 Å². The maximum Gasteiger partial charge on any atom is 0.214 e. The topological polar surface area (TPSA) is 57.6 Å². The van der Waals surface area contributed by atoms with Gasteiger partial charge in [-0.1, -0.05) is 30.3 Å². The van der Waals surface area contributed by atoms with Gasteiger partial charge in [-0.2, -0.15) is 4.31 Å². The third-order valence-electron chi connectivity index (χ3n) is 2.87. The Morgan fingerprint density at radius 1 is 1.31 bits per heavy atom. The maximum atomic E-state index is 11.8. The van der Waals surface area contributed by atoms with Crippen molar-refractivity contribution in [3.8, 4) is 0 Å². The molecule has 16 heavy (non-hydrogen) atoms. The first-order valence-corrected chi connectivity index (χ1v) is 6.89. The molecule has 0 radical (unpaired) electrons. The number of aliphatic hydroxyl groups is 1. The highest BCUT2D eigenvalue weighted by molar-refractivity contribution is 7.89. The summed E-state index contributed by atoms with van der Waals surface area (Å²) < 4.78 is 24.9. The van der Waals surface area contributed by atoms with Crippen LogP contribution in [0.1, 0.15) is 12.0 Å². The molecule has 1 aromatic rings. The van der Waals surface area contributed by atoms with Gasteiger partial charge in [-0.05, 0) is 12.0 Å². The number of sulfonamides is 1. The zero-order chi connectivity index (χ0) is 11.6. The lowest BCUT2D eigenvalue weighted by Crippen LogP contribution is -2.34. The van der Waals surface area contributed by atoms with Crippen LogP contribution >= 0.6 is 0 Å². The van der Waals surface area contributed by atoms with Gasteiger partial charge >= 0.3 is 0 Å². The van der Waals surface area contributed by atoms with Crippen LogP contribution in [-0.2, 0) is 16.6 Å². The molecule has 4 nitrogen and oxygen atoms in total. The normalized spacial score (nSPS) is 24.7. The van der Waals surface area contributed by atoms with Crippen molar-refractivity contribution in [2.24, 2.45) is 0 Å². The fraction of sp³-hybridized carbons (Fsp3) is 0.455. The summed E-state index contributed by atoms with van der Waals surface area (Å²) in [5.41, 5.74) is 0.950. The van der Waals surface area contributed by atoms with E-state index in [1.165, 1.54) is 4.31 Å². The van der Waals surface area contributed by atoms with Crippen molar-refractivity contribution in [2.45, 2.75) is 19.0 Å². The molecular formula is C11H15NO3S. The van der Waals surface area contributed by atoms with E-state index in [9.17, 15) is 8.42 Å². The molecule has 1 unspecified atom stereocenters. The van der Waals surface area contributed by atoms with Gasteiger partial charge in [0.15, 0.2) is 0 Å². The van der Waals surface area contributed by atoms with Crippen LogP contribution in [0.25, 0.3) is 0 Å². The van der Waals surface area contributed by atoms with Crippen LogP contribution in [0.2, 0.25) is 0 Å². The summed E-state index contributed by atoms with van der Waals surface area (Å²) in [6, 6.07) is 9.18. The summed E-state index contributed by atoms with van der Waals surface area (Å²) in [6.45, 7) is 0.250. The molecule has 0 spiro atoms. The van der Waals surface area contributed by atoms with E-state index >= 15 is 0 Å². The molecule has 1 heterocycles. The number of nitrogens with zero attached hydrogens (tertiary/aromatic N) is 1. The predicted octanol–water partition coefficient (Wildman–Crippen LogP) is 0.583. The second kappa shape index (κ2) is 4.53. The SMILES string of the molecule is O=S1(=O)CCC(CO)N1Cc1ccccc1. The van der Waals surface area contributed by atoms with E-state index in [-0.39, 0.29) is 18.4 Å². The lowest BCUT2D eigenvalue weighted by atomic mass is 10.2. The second-order valence-electron chi connectivity index (χ2n) is 3.97. The van der Waals surface area contributed by atoms with E-state index in [1.807, 2.05) is 30.3 Å². The van der Waals surface area contributed by atoms with E-state index in [1.54, 1.807) is 0 Å². The van der Waals surface area contributed by atoms with Gasteiger partial charge in [0.2, 0.25) is 10.0 Å². The molecule has 1 aromatic carbocycles. The lowest BCUT2D eigenvalue weighted by Gasteiger charge is -2.21. The highest BCUT2D eigenvalue weighted by atomic mass is 32.2. The summed E-state index contributed by atoms with van der Waals surface area (Å²) in [5, 5.41) is 9.14. The minimum absolute atomic E-state index is 0.105. The maximum absolute atomic E-state index is 11.8. The molecule has 5 heteroatoms. The van der Waals surface area contributed by atoms with Crippen molar-refractivity contribution in [1.82, 2.24) is 4.31 Å². The number of aliphatic hydroxyl groups excluding tert-OH is 1. The Balaban J connectivity index is 2.19. The van der Waals surface area contributed by atoms with Crippen LogP contribution in [0.3, 0.4) is 0 Å². The number of hydrogen-bond donors (Lipinski definition) is 1. The Morgan fingerprint density at radius 2 is 2.00 bits per heavy atom. The molecule has 0 aliphatic carbocycles. The van der Waals surface area contributed by atoms with Gasteiger partial charge in [0.25, 0.3) is 0 Å². The molecule has 88 valence electrons. The summed E-state index contributed by atoms with van der Waals surface area (Å²) in [6.07, 6.45) is 0.520. The quantitative estimate of drug-likeness (QED) is 0.842. The van der Waals surface area contributed by atoms with Gasteiger partial charge in [0.05, 0.1) is 12.4 Å². The molecule has 1 aliphatic heterocycles. The van der Waals surface area contributed by atoms with Crippen LogP contribution in [-0.4, -0.2) is 36.2 Å². The zero-order valence-corrected chi connectivity index (χ0v) is 9.73. The molecule has 0 bridgehead atoms. The minimum atomic E-state index is -3.17. The smallest absolute Gasteiger partial charge is 0.214 e. The molecule has 1 aliphatic rings. The summed E-state index contributed by atoms with van der Waals surface area (Å²) in [5.74, 6) is 0.144. The Morgan fingerprint density at radius 3 is 2.62 bits per heavy atom. The zero-order valence-electron chi connectivity index (χ0n) is 8.91. The minimum Gasteiger partial charge on any atom is -0.395 e. The average Bonchev–Trinajstić information content (AvgIpc) is 2.56. The number of rotatable bonds is 3. The average molecular weight is 241 g/mol. The van der Waals surface area contributed by atoms with Gasteiger partial charge in [-0.25, -0.2) is 8.42 Å². The summed E-state index contributed by atoms with van der Waals surface area (Å²) >= 11 is 0. The molecule has 1 fully saturated rings. The van der Waals surface area contributed by atoms with Crippen molar-refractivity contribution in [3.05, 3.63) is 35.9 Å². The lowest BCUT2D eigenvalue weighted by molar-refractivity contribution is 0.193. The molecule has 0 aromatic heterocycles. The molecule has 0 saturated carbocycles. The fourth-order valence-electron chi connectivity index (χ4n) is 1.95. The molecule has 0 amide bonds. The van der Waals surface area contributed by atoms with E-state index in [4.69, 9.17) is 5.11 Å². The van der Waals surface area contributed by atoms with Gasteiger partial charge in [0.1, 0.15) is 0 Å². The molecule has 1 saturated heterocycles. The highest BCUT2D eigenvalue weighted by Crippen LogP contribution is 2.23. The van der Waals surface area contributed by atoms with Crippen LogP contribution in [0, 0.1) is 0 Å². The van der Waals surface area contributed by atoms with Crippen molar-refractivity contribution in [2.75, 3.05) is 12.4 Å². The second-order valence-corrected chi connectivity index (χ2v) is 6.01. The molecule has 1 atom stereocenters.